The molecule has 1 unspecified atom stereocenters. The van der Waals surface area contributed by atoms with Crippen molar-refractivity contribution in [1.82, 2.24) is 10.6 Å². The second-order valence-corrected chi connectivity index (χ2v) is 6.94. The average Bonchev–Trinajstić information content (AvgIpc) is 2.82. The minimum absolute atomic E-state index is 0.0530. The fourth-order valence-corrected chi connectivity index (χ4v) is 3.77. The van der Waals surface area contributed by atoms with E-state index in [1.165, 1.54) is 30.4 Å². The van der Waals surface area contributed by atoms with Crippen molar-refractivity contribution in [3.05, 3.63) is 34.9 Å². The molecule has 2 N–H and O–H groups in total. The Morgan fingerprint density at radius 3 is 2.68 bits per heavy atom. The smallest absolute Gasteiger partial charge is 0.315 e. The number of carbonyl (C=O) groups is 1. The van der Waals surface area contributed by atoms with Crippen LogP contribution in [0.2, 0.25) is 0 Å². The molecule has 0 heterocycles. The second-order valence-electron chi connectivity index (χ2n) is 6.94. The maximum atomic E-state index is 12.3. The molecule has 116 valence electrons. The Morgan fingerprint density at radius 1 is 1.23 bits per heavy atom. The zero-order chi connectivity index (χ0) is 15.6. The van der Waals surface area contributed by atoms with Crippen molar-refractivity contribution in [1.29, 1.82) is 5.26 Å². The van der Waals surface area contributed by atoms with Crippen LogP contribution in [-0.4, -0.2) is 17.6 Å². The molecule has 2 amide bonds. The fourth-order valence-electron chi connectivity index (χ4n) is 3.77. The number of nitriles is 1. The van der Waals surface area contributed by atoms with Gasteiger partial charge in [-0.2, -0.15) is 5.26 Å². The molecule has 2 aliphatic rings. The molecule has 22 heavy (non-hydrogen) atoms. The molecule has 1 fully saturated rings. The number of rotatable bonds is 2. The Balaban J connectivity index is 1.61. The van der Waals surface area contributed by atoms with Gasteiger partial charge in [0.05, 0.1) is 11.6 Å². The normalized spacial score (nSPS) is 24.4. The third-order valence-corrected chi connectivity index (χ3v) is 4.85. The molecule has 1 aromatic carbocycles. The monoisotopic (exact) mass is 297 g/mol. The van der Waals surface area contributed by atoms with E-state index in [-0.39, 0.29) is 11.6 Å². The molecule has 1 aromatic rings. The molecule has 1 atom stereocenters. The number of nitrogens with zero attached hydrogens (tertiary/aromatic N) is 1. The van der Waals surface area contributed by atoms with Crippen LogP contribution >= 0.6 is 0 Å². The molecule has 0 aliphatic heterocycles. The van der Waals surface area contributed by atoms with Crippen molar-refractivity contribution in [3.63, 3.8) is 0 Å². The van der Waals surface area contributed by atoms with Gasteiger partial charge >= 0.3 is 6.03 Å². The van der Waals surface area contributed by atoms with E-state index in [0.29, 0.717) is 11.6 Å². The van der Waals surface area contributed by atoms with E-state index in [1.807, 2.05) is 18.2 Å². The summed E-state index contributed by atoms with van der Waals surface area (Å²) < 4.78 is 0. The van der Waals surface area contributed by atoms with Crippen LogP contribution in [0.15, 0.2) is 18.2 Å². The summed E-state index contributed by atoms with van der Waals surface area (Å²) in [6.45, 7) is 2.08. The Kier molecular flexibility index (Phi) is 4.06. The summed E-state index contributed by atoms with van der Waals surface area (Å²) in [5.74, 6) is 0. The van der Waals surface area contributed by atoms with Crippen molar-refractivity contribution in [2.24, 2.45) is 0 Å². The Bertz CT molecular complexity index is 613. The predicted molar refractivity (Wildman–Crippen MR) is 85.5 cm³/mol. The number of hydrogen-bond acceptors (Lipinski definition) is 2. The summed E-state index contributed by atoms with van der Waals surface area (Å²) >= 11 is 0. The van der Waals surface area contributed by atoms with Crippen LogP contribution in [0.4, 0.5) is 4.79 Å². The number of benzene rings is 1. The molecule has 4 nitrogen and oxygen atoms in total. The van der Waals surface area contributed by atoms with Gasteiger partial charge in [-0.3, -0.25) is 0 Å². The number of carbonyl (C=O) groups excluding carboxylic acids is 1. The minimum Gasteiger partial charge on any atom is -0.335 e. The molecular formula is C18H23N3O. The van der Waals surface area contributed by atoms with Crippen molar-refractivity contribution in [2.75, 3.05) is 0 Å². The van der Waals surface area contributed by atoms with Gasteiger partial charge in [0.2, 0.25) is 0 Å². The van der Waals surface area contributed by atoms with E-state index in [9.17, 15) is 4.79 Å². The van der Waals surface area contributed by atoms with Gasteiger partial charge < -0.3 is 10.6 Å². The third-order valence-electron chi connectivity index (χ3n) is 4.85. The zero-order valence-corrected chi connectivity index (χ0v) is 13.1. The lowest BCUT2D eigenvalue weighted by Crippen LogP contribution is -2.53. The summed E-state index contributed by atoms with van der Waals surface area (Å²) in [5.41, 5.74) is 2.85. The second kappa shape index (κ2) is 6.00. The van der Waals surface area contributed by atoms with E-state index < -0.39 is 0 Å². The molecular weight excluding hydrogens is 274 g/mol. The van der Waals surface area contributed by atoms with E-state index in [4.69, 9.17) is 5.26 Å². The molecule has 0 bridgehead atoms. The van der Waals surface area contributed by atoms with Crippen LogP contribution in [0.1, 0.15) is 55.7 Å². The van der Waals surface area contributed by atoms with Crippen LogP contribution in [0.3, 0.4) is 0 Å². The van der Waals surface area contributed by atoms with Crippen LogP contribution < -0.4 is 10.6 Å². The topological polar surface area (TPSA) is 64.9 Å². The van der Waals surface area contributed by atoms with Crippen molar-refractivity contribution < 1.29 is 4.79 Å². The molecule has 1 saturated carbocycles. The number of urea groups is 1. The summed E-state index contributed by atoms with van der Waals surface area (Å²) in [5, 5.41) is 15.3. The lowest BCUT2D eigenvalue weighted by atomic mass is 9.95. The van der Waals surface area contributed by atoms with Crippen LogP contribution in [0, 0.1) is 11.3 Å². The fraction of sp³-hybridized carbons (Fsp3) is 0.556. The van der Waals surface area contributed by atoms with Gasteiger partial charge in [0.1, 0.15) is 0 Å². The van der Waals surface area contributed by atoms with Crippen LogP contribution in [0.5, 0.6) is 0 Å². The molecule has 0 radical (unpaired) electrons. The first-order valence-electron chi connectivity index (χ1n) is 8.19. The van der Waals surface area contributed by atoms with Crippen LogP contribution in [0.25, 0.3) is 0 Å². The van der Waals surface area contributed by atoms with Gasteiger partial charge in [0.15, 0.2) is 0 Å². The molecule has 3 rings (SSSR count). The van der Waals surface area contributed by atoms with E-state index in [0.717, 1.165) is 25.7 Å². The summed E-state index contributed by atoms with van der Waals surface area (Å²) in [7, 11) is 0. The number of fused-ring (bicyclic) bond motifs is 1. The Labute approximate surface area is 131 Å². The van der Waals surface area contributed by atoms with Gasteiger partial charge in [-0.15, -0.1) is 0 Å². The number of nitrogens with one attached hydrogen (secondary N) is 2. The third kappa shape index (κ3) is 3.24. The number of amides is 2. The van der Waals surface area contributed by atoms with E-state index in [1.54, 1.807) is 0 Å². The van der Waals surface area contributed by atoms with E-state index in [2.05, 4.69) is 23.6 Å². The Morgan fingerprint density at radius 2 is 1.95 bits per heavy atom. The molecule has 2 aliphatic carbocycles. The maximum absolute atomic E-state index is 12.3. The maximum Gasteiger partial charge on any atom is 0.315 e. The van der Waals surface area contributed by atoms with Gasteiger partial charge in [0.25, 0.3) is 0 Å². The van der Waals surface area contributed by atoms with Crippen molar-refractivity contribution in [2.45, 2.75) is 63.5 Å². The largest absolute Gasteiger partial charge is 0.335 e. The quantitative estimate of drug-likeness (QED) is 0.881. The standard InChI is InChI=1S/C18H23N3O/c1-18(21-17(22)20-16-5-3-2-4-6-16)10-14-8-7-13(12-19)9-15(14)11-18/h7-9,16H,2-6,10-11H2,1H3,(H2,20,21,22). The van der Waals surface area contributed by atoms with Crippen molar-refractivity contribution >= 4 is 6.03 Å². The highest BCUT2D eigenvalue weighted by Gasteiger charge is 2.34. The van der Waals surface area contributed by atoms with Gasteiger partial charge in [-0.05, 0) is 55.9 Å². The predicted octanol–water partition coefficient (Wildman–Crippen LogP) is 3.05. The number of hydrogen-bond donors (Lipinski definition) is 2. The van der Waals surface area contributed by atoms with Gasteiger partial charge in [0, 0.05) is 11.6 Å². The molecule has 0 spiro atoms. The highest BCUT2D eigenvalue weighted by atomic mass is 16.2. The Hall–Kier alpha value is -2.02. The molecule has 0 aromatic heterocycles. The average molecular weight is 297 g/mol. The first kappa shape index (κ1) is 14.9. The van der Waals surface area contributed by atoms with E-state index >= 15 is 0 Å². The lowest BCUT2D eigenvalue weighted by molar-refractivity contribution is 0.220. The summed E-state index contributed by atoms with van der Waals surface area (Å²) in [4.78, 5) is 12.3. The molecule has 4 heteroatoms. The summed E-state index contributed by atoms with van der Waals surface area (Å²) in [6.07, 6.45) is 7.51. The van der Waals surface area contributed by atoms with Gasteiger partial charge in [-0.1, -0.05) is 25.3 Å². The minimum atomic E-state index is -0.255. The molecule has 0 saturated heterocycles. The first-order valence-corrected chi connectivity index (χ1v) is 8.19. The highest BCUT2D eigenvalue weighted by Crippen LogP contribution is 2.30. The summed E-state index contributed by atoms with van der Waals surface area (Å²) in [6, 6.07) is 8.26. The van der Waals surface area contributed by atoms with Crippen LogP contribution in [-0.2, 0) is 12.8 Å². The highest BCUT2D eigenvalue weighted by molar-refractivity contribution is 5.75. The van der Waals surface area contributed by atoms with Crippen molar-refractivity contribution in [3.8, 4) is 6.07 Å². The SMILES string of the molecule is CC1(NC(=O)NC2CCCCC2)Cc2ccc(C#N)cc2C1. The lowest BCUT2D eigenvalue weighted by Gasteiger charge is -2.29. The van der Waals surface area contributed by atoms with Gasteiger partial charge in [-0.25, -0.2) is 4.79 Å². The zero-order valence-electron chi connectivity index (χ0n) is 13.1. The first-order chi connectivity index (χ1) is 10.6.